The highest BCUT2D eigenvalue weighted by atomic mass is 127. The number of hydrogen-bond donors (Lipinski definition) is 2. The lowest BCUT2D eigenvalue weighted by molar-refractivity contribution is 0.0341. The molecule has 0 atom stereocenters. The van der Waals surface area contributed by atoms with E-state index in [0.29, 0.717) is 19.0 Å². The molecule has 0 amide bonds. The highest BCUT2D eigenvalue weighted by Crippen LogP contribution is 2.17. The largest absolute Gasteiger partial charge is 0.494 e. The van der Waals surface area contributed by atoms with Gasteiger partial charge in [-0.2, -0.15) is 0 Å². The van der Waals surface area contributed by atoms with Crippen LogP contribution in [-0.2, 0) is 24.4 Å². The minimum absolute atomic E-state index is 0. The summed E-state index contributed by atoms with van der Waals surface area (Å²) in [5.74, 6) is 0.544. The molecule has 0 aromatic heterocycles. The van der Waals surface area contributed by atoms with Gasteiger partial charge in [0.2, 0.25) is 0 Å². The van der Waals surface area contributed by atoms with Crippen molar-refractivity contribution in [1.82, 2.24) is 15.5 Å². The Labute approximate surface area is 194 Å². The minimum Gasteiger partial charge on any atom is -0.494 e. The van der Waals surface area contributed by atoms with E-state index in [1.807, 2.05) is 6.07 Å². The van der Waals surface area contributed by atoms with Gasteiger partial charge >= 0.3 is 0 Å². The average molecular weight is 528 g/mol. The van der Waals surface area contributed by atoms with Crippen LogP contribution < -0.4 is 15.4 Å². The number of morpholine rings is 1. The monoisotopic (exact) mass is 528 g/mol. The molecule has 1 fully saturated rings. The van der Waals surface area contributed by atoms with E-state index in [-0.39, 0.29) is 35.5 Å². The molecule has 8 heteroatoms. The molecule has 1 aliphatic rings. The van der Waals surface area contributed by atoms with Crippen LogP contribution in [-0.4, -0.2) is 51.3 Å². The summed E-state index contributed by atoms with van der Waals surface area (Å²) in [7, 11) is 3.18. The first kappa shape index (κ1) is 24.4. The number of rotatable bonds is 7. The van der Waals surface area contributed by atoms with E-state index in [1.165, 1.54) is 24.3 Å². The van der Waals surface area contributed by atoms with Crippen molar-refractivity contribution in [2.45, 2.75) is 19.6 Å². The maximum Gasteiger partial charge on any atom is 0.191 e. The molecular weight excluding hydrogens is 498 g/mol. The van der Waals surface area contributed by atoms with Crippen LogP contribution in [0, 0.1) is 5.82 Å². The highest BCUT2D eigenvalue weighted by molar-refractivity contribution is 14.0. The Kier molecular flexibility index (Phi) is 10.3. The van der Waals surface area contributed by atoms with Crippen LogP contribution >= 0.6 is 24.0 Å². The number of nitrogens with one attached hydrogen (secondary N) is 2. The van der Waals surface area contributed by atoms with Gasteiger partial charge in [0, 0.05) is 39.8 Å². The zero-order valence-electron chi connectivity index (χ0n) is 17.5. The topological polar surface area (TPSA) is 58.1 Å². The molecule has 0 spiro atoms. The normalized spacial score (nSPS) is 14.7. The molecular formula is C22H30FIN4O2. The van der Waals surface area contributed by atoms with Gasteiger partial charge in [-0.25, -0.2) is 4.39 Å². The lowest BCUT2D eigenvalue weighted by Crippen LogP contribution is -2.37. The molecule has 1 aliphatic heterocycles. The second-order valence-electron chi connectivity index (χ2n) is 6.91. The van der Waals surface area contributed by atoms with Gasteiger partial charge in [-0.05, 0) is 28.8 Å². The maximum absolute atomic E-state index is 13.9. The number of benzene rings is 2. The summed E-state index contributed by atoms with van der Waals surface area (Å²) in [6.07, 6.45) is 0. The summed E-state index contributed by atoms with van der Waals surface area (Å²) in [4.78, 5) is 6.68. The third-order valence-electron chi connectivity index (χ3n) is 4.96. The Morgan fingerprint density at radius 3 is 2.47 bits per heavy atom. The van der Waals surface area contributed by atoms with E-state index in [4.69, 9.17) is 9.47 Å². The van der Waals surface area contributed by atoms with Crippen LogP contribution in [0.15, 0.2) is 47.5 Å². The molecule has 3 rings (SSSR count). The number of methoxy groups -OCH3 is 1. The zero-order chi connectivity index (χ0) is 20.5. The van der Waals surface area contributed by atoms with Crippen molar-refractivity contribution in [2.24, 2.45) is 4.99 Å². The summed E-state index contributed by atoms with van der Waals surface area (Å²) in [5.41, 5.74) is 3.35. The molecule has 2 aromatic rings. The molecule has 164 valence electrons. The summed E-state index contributed by atoms with van der Waals surface area (Å²) >= 11 is 0. The first-order valence-electron chi connectivity index (χ1n) is 9.83. The van der Waals surface area contributed by atoms with Gasteiger partial charge in [0.05, 0.1) is 20.3 Å². The van der Waals surface area contributed by atoms with Gasteiger partial charge in [-0.15, -0.1) is 24.0 Å². The second kappa shape index (κ2) is 12.7. The summed E-state index contributed by atoms with van der Waals surface area (Å²) in [5, 5.41) is 6.57. The van der Waals surface area contributed by atoms with Crippen LogP contribution in [0.2, 0.25) is 0 Å². The maximum atomic E-state index is 13.9. The molecule has 6 nitrogen and oxygen atoms in total. The molecule has 2 N–H and O–H groups in total. The molecule has 2 aromatic carbocycles. The number of guanidine groups is 1. The highest BCUT2D eigenvalue weighted by Gasteiger charge is 2.13. The van der Waals surface area contributed by atoms with Gasteiger partial charge < -0.3 is 20.1 Å². The van der Waals surface area contributed by atoms with Crippen molar-refractivity contribution in [3.05, 3.63) is 65.0 Å². The van der Waals surface area contributed by atoms with Crippen LogP contribution in [0.3, 0.4) is 0 Å². The molecule has 0 unspecified atom stereocenters. The van der Waals surface area contributed by atoms with E-state index in [2.05, 4.69) is 44.8 Å². The summed E-state index contributed by atoms with van der Waals surface area (Å²) in [6, 6.07) is 13.4. The number of hydrogen-bond acceptors (Lipinski definition) is 4. The Bertz CT molecular complexity index is 829. The van der Waals surface area contributed by atoms with Crippen molar-refractivity contribution >= 4 is 29.9 Å². The number of ether oxygens (including phenoxy) is 2. The Hall–Kier alpha value is -1.91. The number of nitrogens with zero attached hydrogens (tertiary/aromatic N) is 2. The first-order valence-corrected chi connectivity index (χ1v) is 9.83. The average Bonchev–Trinajstić information content (AvgIpc) is 2.76. The Morgan fingerprint density at radius 1 is 1.10 bits per heavy atom. The fourth-order valence-corrected chi connectivity index (χ4v) is 3.29. The molecule has 0 radical (unpaired) electrons. The zero-order valence-corrected chi connectivity index (χ0v) is 19.8. The molecule has 0 saturated carbocycles. The smallest absolute Gasteiger partial charge is 0.191 e. The fraction of sp³-hybridized carbons (Fsp3) is 0.409. The summed E-state index contributed by atoms with van der Waals surface area (Å²) < 4.78 is 24.2. The van der Waals surface area contributed by atoms with Gasteiger partial charge in [0.1, 0.15) is 0 Å². The standard InChI is InChI=1S/C22H29FN4O2.HI/c1-24-22(25-14-17-7-8-21(28-2)20(23)13-17)26-15-18-5-3-4-6-19(18)16-27-9-11-29-12-10-27;/h3-8,13H,9-12,14-16H2,1-2H3,(H2,24,25,26);1H. The van der Waals surface area contributed by atoms with E-state index < -0.39 is 0 Å². The van der Waals surface area contributed by atoms with Gasteiger partial charge in [-0.1, -0.05) is 30.3 Å². The lowest BCUT2D eigenvalue weighted by atomic mass is 10.1. The molecule has 0 bridgehead atoms. The van der Waals surface area contributed by atoms with Crippen molar-refractivity contribution in [3.63, 3.8) is 0 Å². The Balaban J connectivity index is 0.00000320. The van der Waals surface area contributed by atoms with Crippen LogP contribution in [0.5, 0.6) is 5.75 Å². The predicted octanol–water partition coefficient (Wildman–Crippen LogP) is 3.15. The third-order valence-corrected chi connectivity index (χ3v) is 4.96. The van der Waals surface area contributed by atoms with E-state index in [1.54, 1.807) is 13.1 Å². The summed E-state index contributed by atoms with van der Waals surface area (Å²) in [6.45, 7) is 5.56. The SMILES string of the molecule is CN=C(NCc1ccc(OC)c(F)c1)NCc1ccccc1CN1CCOCC1.I. The quantitative estimate of drug-likeness (QED) is 0.329. The van der Waals surface area contributed by atoms with Crippen LogP contribution in [0.1, 0.15) is 16.7 Å². The van der Waals surface area contributed by atoms with E-state index >= 15 is 0 Å². The molecule has 1 saturated heterocycles. The van der Waals surface area contributed by atoms with Crippen LogP contribution in [0.4, 0.5) is 4.39 Å². The van der Waals surface area contributed by atoms with Crippen molar-refractivity contribution in [1.29, 1.82) is 0 Å². The third kappa shape index (κ3) is 7.10. The van der Waals surface area contributed by atoms with Gasteiger partial charge in [0.15, 0.2) is 17.5 Å². The first-order chi connectivity index (χ1) is 14.2. The van der Waals surface area contributed by atoms with E-state index in [9.17, 15) is 4.39 Å². The Morgan fingerprint density at radius 2 is 1.80 bits per heavy atom. The van der Waals surface area contributed by atoms with E-state index in [0.717, 1.165) is 38.4 Å². The molecule has 30 heavy (non-hydrogen) atoms. The molecule has 1 heterocycles. The van der Waals surface area contributed by atoms with Crippen molar-refractivity contribution < 1.29 is 13.9 Å². The lowest BCUT2D eigenvalue weighted by Gasteiger charge is -2.27. The van der Waals surface area contributed by atoms with Crippen LogP contribution in [0.25, 0.3) is 0 Å². The fourth-order valence-electron chi connectivity index (χ4n) is 3.29. The van der Waals surface area contributed by atoms with Crippen molar-refractivity contribution in [3.8, 4) is 5.75 Å². The number of aliphatic imine (C=N–C) groups is 1. The minimum atomic E-state index is -0.369. The van der Waals surface area contributed by atoms with Crippen molar-refractivity contribution in [2.75, 3.05) is 40.5 Å². The van der Waals surface area contributed by atoms with Gasteiger partial charge in [-0.3, -0.25) is 9.89 Å². The molecule has 0 aliphatic carbocycles. The van der Waals surface area contributed by atoms with Gasteiger partial charge in [0.25, 0.3) is 0 Å². The second-order valence-corrected chi connectivity index (χ2v) is 6.91. The predicted molar refractivity (Wildman–Crippen MR) is 128 cm³/mol. The number of halogens is 2.